The molecule has 0 atom stereocenters. The Bertz CT molecular complexity index is 1300. The number of aromatic nitrogens is 4. The van der Waals surface area contributed by atoms with Crippen molar-refractivity contribution in [1.82, 2.24) is 24.8 Å². The van der Waals surface area contributed by atoms with Crippen LogP contribution in [0.4, 0.5) is 11.4 Å². The van der Waals surface area contributed by atoms with Gasteiger partial charge in [-0.15, -0.1) is 0 Å². The minimum Gasteiger partial charge on any atom is -0.484 e. The quantitative estimate of drug-likeness (QED) is 0.376. The summed E-state index contributed by atoms with van der Waals surface area (Å²) in [5.74, 6) is 1.10. The number of aryl methyl sites for hydroxylation is 1. The van der Waals surface area contributed by atoms with E-state index in [1.807, 2.05) is 30.5 Å². The van der Waals surface area contributed by atoms with Gasteiger partial charge in [0.2, 0.25) is 0 Å². The Morgan fingerprint density at radius 1 is 1.17 bits per heavy atom. The van der Waals surface area contributed by atoms with Crippen molar-refractivity contribution < 1.29 is 9.53 Å². The van der Waals surface area contributed by atoms with Crippen LogP contribution in [-0.2, 0) is 4.79 Å². The third-order valence-electron chi connectivity index (χ3n) is 6.22. The van der Waals surface area contributed by atoms with E-state index >= 15 is 0 Å². The molecule has 0 radical (unpaired) electrons. The Hall–Kier alpha value is -3.98. The molecule has 1 amide bonds. The van der Waals surface area contributed by atoms with E-state index in [-0.39, 0.29) is 12.5 Å². The summed E-state index contributed by atoms with van der Waals surface area (Å²) < 4.78 is 5.63. The van der Waals surface area contributed by atoms with Crippen LogP contribution in [0.3, 0.4) is 0 Å². The number of carbonyl (C=O) groups excluding carboxylic acids is 1. The van der Waals surface area contributed by atoms with Crippen molar-refractivity contribution in [2.24, 2.45) is 0 Å². The van der Waals surface area contributed by atoms with E-state index in [9.17, 15) is 4.79 Å². The fourth-order valence-corrected chi connectivity index (χ4v) is 4.22. The first-order valence-corrected chi connectivity index (χ1v) is 11.8. The van der Waals surface area contributed by atoms with Crippen LogP contribution < -0.4 is 15.4 Å². The van der Waals surface area contributed by atoms with Crippen LogP contribution >= 0.6 is 0 Å². The number of piperidine rings is 1. The number of imidazole rings is 1. The second-order valence-corrected chi connectivity index (χ2v) is 8.93. The van der Waals surface area contributed by atoms with Gasteiger partial charge in [0.05, 0.1) is 17.6 Å². The smallest absolute Gasteiger partial charge is 0.262 e. The van der Waals surface area contributed by atoms with E-state index in [1.54, 1.807) is 24.5 Å². The van der Waals surface area contributed by atoms with Gasteiger partial charge in [0.25, 0.3) is 5.91 Å². The van der Waals surface area contributed by atoms with E-state index in [0.717, 1.165) is 54.1 Å². The molecule has 3 N–H and O–H groups in total. The van der Waals surface area contributed by atoms with Crippen LogP contribution in [0.25, 0.3) is 22.6 Å². The second kappa shape index (κ2) is 10.1. The van der Waals surface area contributed by atoms with Gasteiger partial charge in [-0.25, -0.2) is 9.97 Å². The minimum absolute atomic E-state index is 0.0892. The highest BCUT2D eigenvalue weighted by atomic mass is 16.5. The fraction of sp³-hybridized carbons (Fsp3) is 0.308. The maximum absolute atomic E-state index is 12.1. The van der Waals surface area contributed by atoms with Crippen LogP contribution in [0.15, 0.2) is 55.0 Å². The largest absolute Gasteiger partial charge is 0.484 e. The number of carbonyl (C=O) groups is 1. The first-order chi connectivity index (χ1) is 17.0. The summed E-state index contributed by atoms with van der Waals surface area (Å²) in [5, 5.41) is 6.48. The molecule has 35 heavy (non-hydrogen) atoms. The Balaban J connectivity index is 1.26. The zero-order valence-electron chi connectivity index (χ0n) is 19.9. The maximum Gasteiger partial charge on any atom is 0.262 e. The molecule has 0 bridgehead atoms. The number of aromatic amines is 1. The Morgan fingerprint density at radius 2 is 1.97 bits per heavy atom. The van der Waals surface area contributed by atoms with E-state index in [2.05, 4.69) is 44.5 Å². The highest BCUT2D eigenvalue weighted by molar-refractivity contribution is 5.91. The lowest BCUT2D eigenvalue weighted by Gasteiger charge is -2.30. The van der Waals surface area contributed by atoms with Gasteiger partial charge in [-0.3, -0.25) is 9.78 Å². The third kappa shape index (κ3) is 5.41. The highest BCUT2D eigenvalue weighted by Gasteiger charge is 2.20. The standard InChI is InChI=1S/C26H29N7O2/c1-17-14-28-26-24(23(17)30-19-9-12-33(2)13-10-19)31-25(32-26)18-5-7-21(8-6-18)35-16-22(34)29-20-4-3-11-27-15-20/h3-8,11,14-15,19H,9-10,12-13,16H2,1-2H3,(H,29,34)(H2,28,30,31,32). The van der Waals surface area contributed by atoms with Crippen molar-refractivity contribution in [1.29, 1.82) is 0 Å². The van der Waals surface area contributed by atoms with Gasteiger partial charge < -0.3 is 25.3 Å². The molecule has 180 valence electrons. The van der Waals surface area contributed by atoms with Crippen LogP contribution in [0.5, 0.6) is 5.75 Å². The third-order valence-corrected chi connectivity index (χ3v) is 6.22. The number of hydrogen-bond acceptors (Lipinski definition) is 7. The number of ether oxygens (including phenoxy) is 1. The maximum atomic E-state index is 12.1. The Morgan fingerprint density at radius 3 is 2.71 bits per heavy atom. The molecule has 0 unspecified atom stereocenters. The summed E-state index contributed by atoms with van der Waals surface area (Å²) in [7, 11) is 2.17. The van der Waals surface area contributed by atoms with Crippen molar-refractivity contribution in [2.75, 3.05) is 37.4 Å². The van der Waals surface area contributed by atoms with Crippen LogP contribution in [0.1, 0.15) is 18.4 Å². The van der Waals surface area contributed by atoms with Gasteiger partial charge in [-0.05, 0) is 81.9 Å². The number of fused-ring (bicyclic) bond motifs is 1. The lowest BCUT2D eigenvalue weighted by molar-refractivity contribution is -0.118. The Kier molecular flexibility index (Phi) is 6.58. The molecule has 4 aromatic rings. The molecule has 5 rings (SSSR count). The molecular formula is C26H29N7O2. The van der Waals surface area contributed by atoms with E-state index in [0.29, 0.717) is 23.1 Å². The molecule has 1 aromatic carbocycles. The summed E-state index contributed by atoms with van der Waals surface area (Å²) >= 11 is 0. The first-order valence-electron chi connectivity index (χ1n) is 11.8. The molecule has 1 aliphatic heterocycles. The summed E-state index contributed by atoms with van der Waals surface area (Å²) in [5.41, 5.74) is 5.33. The molecule has 0 aliphatic carbocycles. The highest BCUT2D eigenvalue weighted by Crippen LogP contribution is 2.29. The molecule has 1 fully saturated rings. The number of anilines is 2. The number of likely N-dealkylation sites (tertiary alicyclic amines) is 1. The number of amides is 1. The number of H-pyrrole nitrogens is 1. The van der Waals surface area contributed by atoms with E-state index in [4.69, 9.17) is 9.72 Å². The summed E-state index contributed by atoms with van der Waals surface area (Å²) in [4.78, 5) is 31.1. The minimum atomic E-state index is -0.245. The van der Waals surface area contributed by atoms with Crippen molar-refractivity contribution in [3.05, 3.63) is 60.6 Å². The lowest BCUT2D eigenvalue weighted by atomic mass is 10.0. The zero-order valence-corrected chi connectivity index (χ0v) is 19.9. The van der Waals surface area contributed by atoms with E-state index < -0.39 is 0 Å². The number of benzene rings is 1. The van der Waals surface area contributed by atoms with Crippen LogP contribution in [0, 0.1) is 6.92 Å². The molecule has 0 spiro atoms. The molecule has 0 saturated carbocycles. The topological polar surface area (TPSA) is 108 Å². The van der Waals surface area contributed by atoms with Crippen LogP contribution in [-0.4, -0.2) is 63.5 Å². The van der Waals surface area contributed by atoms with Gasteiger partial charge in [-0.2, -0.15) is 0 Å². The van der Waals surface area contributed by atoms with Crippen molar-refractivity contribution >= 4 is 28.4 Å². The number of hydrogen-bond donors (Lipinski definition) is 3. The van der Waals surface area contributed by atoms with Crippen LogP contribution in [0.2, 0.25) is 0 Å². The zero-order chi connectivity index (χ0) is 24.2. The second-order valence-electron chi connectivity index (χ2n) is 8.93. The van der Waals surface area contributed by atoms with Crippen molar-refractivity contribution in [3.8, 4) is 17.1 Å². The average Bonchev–Trinajstić information content (AvgIpc) is 3.31. The summed E-state index contributed by atoms with van der Waals surface area (Å²) in [6.45, 7) is 4.17. The lowest BCUT2D eigenvalue weighted by Crippen LogP contribution is -2.36. The number of pyridine rings is 2. The normalized spacial score (nSPS) is 14.7. The summed E-state index contributed by atoms with van der Waals surface area (Å²) in [6.07, 6.45) is 7.34. The Labute approximate surface area is 204 Å². The molecule has 9 heteroatoms. The molecule has 1 aliphatic rings. The molecule has 3 aromatic heterocycles. The van der Waals surface area contributed by atoms with Gasteiger partial charge in [0.15, 0.2) is 12.3 Å². The fourth-order valence-electron chi connectivity index (χ4n) is 4.22. The molecular weight excluding hydrogens is 442 g/mol. The first kappa shape index (κ1) is 22.8. The molecule has 4 heterocycles. The van der Waals surface area contributed by atoms with Gasteiger partial charge >= 0.3 is 0 Å². The predicted molar refractivity (Wildman–Crippen MR) is 137 cm³/mol. The number of nitrogens with zero attached hydrogens (tertiary/aromatic N) is 4. The molecule has 1 saturated heterocycles. The molecule has 9 nitrogen and oxygen atoms in total. The predicted octanol–water partition coefficient (Wildman–Crippen LogP) is 3.85. The monoisotopic (exact) mass is 471 g/mol. The van der Waals surface area contributed by atoms with Gasteiger partial charge in [0, 0.05) is 24.0 Å². The van der Waals surface area contributed by atoms with Crippen molar-refractivity contribution in [3.63, 3.8) is 0 Å². The number of nitrogens with one attached hydrogen (secondary N) is 3. The van der Waals surface area contributed by atoms with Gasteiger partial charge in [0.1, 0.15) is 17.1 Å². The van der Waals surface area contributed by atoms with E-state index in [1.165, 1.54) is 0 Å². The average molecular weight is 472 g/mol. The summed E-state index contributed by atoms with van der Waals surface area (Å²) in [6, 6.07) is 11.5. The number of rotatable bonds is 7. The van der Waals surface area contributed by atoms with Crippen molar-refractivity contribution in [2.45, 2.75) is 25.8 Å². The SMILES string of the molecule is Cc1cnc2nc(-c3ccc(OCC(=O)Nc4cccnc4)cc3)[nH]c2c1NC1CCN(C)CC1. The van der Waals surface area contributed by atoms with Gasteiger partial charge in [-0.1, -0.05) is 0 Å².